The van der Waals surface area contributed by atoms with Crippen molar-refractivity contribution in [2.24, 2.45) is 0 Å². The van der Waals surface area contributed by atoms with Crippen molar-refractivity contribution in [2.45, 2.75) is 76.2 Å². The van der Waals surface area contributed by atoms with Gasteiger partial charge in [-0.05, 0) is 33.6 Å². The lowest BCUT2D eigenvalue weighted by Crippen LogP contribution is -2.50. The van der Waals surface area contributed by atoms with Crippen LogP contribution in [0.2, 0.25) is 0 Å². The van der Waals surface area contributed by atoms with Crippen LogP contribution >= 0.6 is 0 Å². The maximum Gasteiger partial charge on any atom is 0.419 e. The lowest BCUT2D eigenvalue weighted by atomic mass is 10.0. The van der Waals surface area contributed by atoms with Gasteiger partial charge < -0.3 is 24.4 Å². The van der Waals surface area contributed by atoms with Crippen LogP contribution in [0.1, 0.15) is 45.6 Å². The van der Waals surface area contributed by atoms with Crippen LogP contribution in [-0.4, -0.2) is 93.1 Å². The van der Waals surface area contributed by atoms with Gasteiger partial charge in [0.2, 0.25) is 5.95 Å². The number of rotatable bonds is 5. The molecule has 0 saturated carbocycles. The Kier molecular flexibility index (Phi) is 6.84. The SMILES string of the molecule is C[C@H]1OC(C)(C)N(C(=O)O)[C@@H]1COC1CCN(C2CCN(c3ncc(C(F)(F)F)cn3)CC2)C1=O. The van der Waals surface area contributed by atoms with Gasteiger partial charge in [-0.2, -0.15) is 13.2 Å². The summed E-state index contributed by atoms with van der Waals surface area (Å²) < 4.78 is 49.8. The molecule has 4 heterocycles. The summed E-state index contributed by atoms with van der Waals surface area (Å²) in [5.41, 5.74) is -1.87. The van der Waals surface area contributed by atoms with Crippen molar-refractivity contribution < 1.29 is 37.3 Å². The maximum atomic E-state index is 13.0. The number of nitrogens with zero attached hydrogens (tertiary/aromatic N) is 5. The molecule has 3 saturated heterocycles. The van der Waals surface area contributed by atoms with E-state index in [9.17, 15) is 27.9 Å². The number of amides is 2. The second kappa shape index (κ2) is 9.41. The highest BCUT2D eigenvalue weighted by molar-refractivity contribution is 5.83. The zero-order valence-electron chi connectivity index (χ0n) is 19.9. The van der Waals surface area contributed by atoms with E-state index in [1.807, 2.05) is 4.90 Å². The van der Waals surface area contributed by atoms with Crippen LogP contribution < -0.4 is 4.90 Å². The minimum atomic E-state index is -4.48. The van der Waals surface area contributed by atoms with E-state index in [1.54, 1.807) is 25.7 Å². The van der Waals surface area contributed by atoms with Crippen LogP contribution in [0.3, 0.4) is 0 Å². The van der Waals surface area contributed by atoms with Gasteiger partial charge in [-0.3, -0.25) is 9.69 Å². The topological polar surface area (TPSA) is 108 Å². The number of piperidine rings is 1. The van der Waals surface area contributed by atoms with Crippen LogP contribution in [0.25, 0.3) is 0 Å². The number of alkyl halides is 3. The number of carboxylic acid groups (broad SMARTS) is 1. The third-order valence-electron chi connectivity index (χ3n) is 6.95. The molecule has 0 aliphatic carbocycles. The minimum Gasteiger partial charge on any atom is -0.465 e. The van der Waals surface area contributed by atoms with Crippen LogP contribution in [-0.2, 0) is 20.4 Å². The highest BCUT2D eigenvalue weighted by Crippen LogP contribution is 2.33. The summed E-state index contributed by atoms with van der Waals surface area (Å²) in [5.74, 6) is 0.117. The first-order valence-electron chi connectivity index (χ1n) is 11.6. The number of aromatic nitrogens is 2. The summed E-state index contributed by atoms with van der Waals surface area (Å²) in [6, 6.07) is -0.527. The number of carbonyl (C=O) groups excluding carboxylic acids is 1. The van der Waals surface area contributed by atoms with Crippen molar-refractivity contribution in [3.63, 3.8) is 0 Å². The summed E-state index contributed by atoms with van der Waals surface area (Å²) in [5, 5.41) is 9.60. The molecule has 10 nitrogen and oxygen atoms in total. The Hall–Kier alpha value is -2.67. The summed E-state index contributed by atoms with van der Waals surface area (Å²) >= 11 is 0. The van der Waals surface area contributed by atoms with Gasteiger partial charge in [0.1, 0.15) is 11.8 Å². The fourth-order valence-corrected chi connectivity index (χ4v) is 5.20. The fraction of sp³-hybridized carbons (Fsp3) is 0.727. The second-order valence-electron chi connectivity index (χ2n) is 9.62. The lowest BCUT2D eigenvalue weighted by molar-refractivity contribution is -0.140. The lowest BCUT2D eigenvalue weighted by Gasteiger charge is -2.36. The first-order chi connectivity index (χ1) is 16.4. The molecule has 4 rings (SSSR count). The standard InChI is InChI=1S/C22H30F3N5O5/c1-13-16(30(20(32)33)21(2,3)35-13)12-34-17-6-9-29(18(17)31)15-4-7-28(8-5-15)19-26-10-14(11-27-19)22(23,24)25/h10-11,13,15-17H,4-9,12H2,1-3H3,(H,32,33)/t13-,16-,17?/m1/s1. The van der Waals surface area contributed by atoms with Gasteiger partial charge >= 0.3 is 12.3 Å². The predicted octanol–water partition coefficient (Wildman–Crippen LogP) is 2.59. The molecule has 194 valence electrons. The molecule has 1 unspecified atom stereocenters. The molecule has 2 amide bonds. The second-order valence-corrected chi connectivity index (χ2v) is 9.62. The van der Waals surface area contributed by atoms with E-state index in [4.69, 9.17) is 9.47 Å². The Morgan fingerprint density at radius 2 is 1.83 bits per heavy atom. The summed E-state index contributed by atoms with van der Waals surface area (Å²) in [6.07, 6.45) is -3.24. The van der Waals surface area contributed by atoms with Crippen LogP contribution in [0.4, 0.5) is 23.9 Å². The van der Waals surface area contributed by atoms with E-state index in [-0.39, 0.29) is 30.6 Å². The van der Waals surface area contributed by atoms with Gasteiger partial charge in [-0.15, -0.1) is 0 Å². The average molecular weight is 502 g/mol. The van der Waals surface area contributed by atoms with Crippen molar-refractivity contribution >= 4 is 17.9 Å². The van der Waals surface area contributed by atoms with E-state index >= 15 is 0 Å². The van der Waals surface area contributed by atoms with E-state index in [1.165, 1.54) is 4.90 Å². The van der Waals surface area contributed by atoms with E-state index in [2.05, 4.69) is 9.97 Å². The zero-order chi connectivity index (χ0) is 25.5. The van der Waals surface area contributed by atoms with Gasteiger partial charge in [0.05, 0.1) is 24.3 Å². The number of halogens is 3. The normalized spacial score (nSPS) is 27.7. The number of likely N-dealkylation sites (tertiary alicyclic amines) is 1. The molecule has 1 aromatic heterocycles. The molecule has 0 radical (unpaired) electrons. The summed E-state index contributed by atoms with van der Waals surface area (Å²) in [7, 11) is 0. The quantitative estimate of drug-likeness (QED) is 0.656. The largest absolute Gasteiger partial charge is 0.465 e. The molecule has 0 aromatic carbocycles. The molecular formula is C22H30F3N5O5. The number of hydrogen-bond donors (Lipinski definition) is 1. The average Bonchev–Trinajstić information content (AvgIpc) is 3.26. The first kappa shape index (κ1) is 25.4. The van der Waals surface area contributed by atoms with Gasteiger partial charge in [0.15, 0.2) is 0 Å². The van der Waals surface area contributed by atoms with Crippen LogP contribution in [0.5, 0.6) is 0 Å². The van der Waals surface area contributed by atoms with Gasteiger partial charge in [0, 0.05) is 44.5 Å². The van der Waals surface area contributed by atoms with E-state index in [0.717, 1.165) is 12.4 Å². The number of hydrogen-bond acceptors (Lipinski definition) is 7. The van der Waals surface area contributed by atoms with Gasteiger partial charge in [-0.1, -0.05) is 0 Å². The fourth-order valence-electron chi connectivity index (χ4n) is 5.20. The number of carbonyl (C=O) groups is 2. The third-order valence-corrected chi connectivity index (χ3v) is 6.95. The molecule has 13 heteroatoms. The zero-order valence-corrected chi connectivity index (χ0v) is 19.9. The smallest absolute Gasteiger partial charge is 0.419 e. The highest BCUT2D eigenvalue weighted by Gasteiger charge is 2.49. The summed E-state index contributed by atoms with van der Waals surface area (Å²) in [4.78, 5) is 37.3. The highest BCUT2D eigenvalue weighted by atomic mass is 19.4. The maximum absolute atomic E-state index is 13.0. The molecule has 3 atom stereocenters. The van der Waals surface area contributed by atoms with Crippen molar-refractivity contribution in [3.8, 4) is 0 Å². The molecule has 3 fully saturated rings. The molecule has 1 N–H and O–H groups in total. The van der Waals surface area contributed by atoms with Gasteiger partial charge in [0.25, 0.3) is 5.91 Å². The first-order valence-corrected chi connectivity index (χ1v) is 11.6. The van der Waals surface area contributed by atoms with E-state index in [0.29, 0.717) is 38.9 Å². The van der Waals surface area contributed by atoms with Crippen molar-refractivity contribution in [1.29, 1.82) is 0 Å². The monoisotopic (exact) mass is 501 g/mol. The molecule has 1 aromatic rings. The Morgan fingerprint density at radius 1 is 1.20 bits per heavy atom. The molecule has 3 aliphatic rings. The van der Waals surface area contributed by atoms with Crippen LogP contribution in [0, 0.1) is 0 Å². The number of anilines is 1. The van der Waals surface area contributed by atoms with Crippen molar-refractivity contribution in [2.75, 3.05) is 31.1 Å². The molecule has 35 heavy (non-hydrogen) atoms. The Labute approximate surface area is 201 Å². The van der Waals surface area contributed by atoms with Crippen LogP contribution in [0.15, 0.2) is 12.4 Å². The minimum absolute atomic E-state index is 0.00927. The number of ether oxygens (including phenoxy) is 2. The predicted molar refractivity (Wildman–Crippen MR) is 117 cm³/mol. The van der Waals surface area contributed by atoms with Crippen molar-refractivity contribution in [1.82, 2.24) is 19.8 Å². The van der Waals surface area contributed by atoms with Crippen molar-refractivity contribution in [3.05, 3.63) is 18.0 Å². The molecule has 3 aliphatic heterocycles. The summed E-state index contributed by atoms with van der Waals surface area (Å²) in [6.45, 7) is 6.79. The molecule has 0 spiro atoms. The molecular weight excluding hydrogens is 471 g/mol. The van der Waals surface area contributed by atoms with E-state index < -0.39 is 35.7 Å². The molecule has 0 bridgehead atoms. The Morgan fingerprint density at radius 3 is 2.40 bits per heavy atom. The van der Waals surface area contributed by atoms with Gasteiger partial charge in [-0.25, -0.2) is 14.8 Å². The Bertz CT molecular complexity index is 936. The third kappa shape index (κ3) is 5.15. The Balaban J connectivity index is 1.29.